The van der Waals surface area contributed by atoms with Gasteiger partial charge in [-0.25, -0.2) is 4.18 Å². The van der Waals surface area contributed by atoms with Gasteiger partial charge in [-0.15, -0.1) is 0 Å². The third-order valence-electron chi connectivity index (χ3n) is 1.96. The standard InChI is InChI=1S/C9H8BrF3O5S/c1-16-8-3-5(9(11,12)13)7(4-6(8)10)18-19(14,15)17-2/h3-4H,1-2H3. The first-order valence-electron chi connectivity index (χ1n) is 4.55. The largest absolute Gasteiger partial charge is 0.496 e. The Balaban J connectivity index is 3.41. The molecule has 0 aliphatic carbocycles. The van der Waals surface area contributed by atoms with E-state index in [9.17, 15) is 21.6 Å². The summed E-state index contributed by atoms with van der Waals surface area (Å²) in [6.45, 7) is 0. The van der Waals surface area contributed by atoms with Crippen molar-refractivity contribution < 1.29 is 34.7 Å². The van der Waals surface area contributed by atoms with Gasteiger partial charge >= 0.3 is 16.6 Å². The van der Waals surface area contributed by atoms with Gasteiger partial charge in [0.05, 0.1) is 18.7 Å². The highest BCUT2D eigenvalue weighted by molar-refractivity contribution is 9.10. The molecule has 0 aromatic heterocycles. The molecule has 1 aromatic carbocycles. The van der Waals surface area contributed by atoms with Crippen LogP contribution in [-0.4, -0.2) is 22.6 Å². The third kappa shape index (κ3) is 3.98. The number of benzene rings is 1. The number of halogens is 4. The van der Waals surface area contributed by atoms with E-state index in [2.05, 4.69) is 24.3 Å². The maximum atomic E-state index is 12.8. The Labute approximate surface area is 115 Å². The van der Waals surface area contributed by atoms with Crippen molar-refractivity contribution in [2.24, 2.45) is 0 Å². The zero-order valence-corrected chi connectivity index (χ0v) is 12.0. The summed E-state index contributed by atoms with van der Waals surface area (Å²) in [4.78, 5) is 0. The second-order valence-corrected chi connectivity index (χ2v) is 5.31. The normalized spacial score (nSPS) is 12.3. The van der Waals surface area contributed by atoms with Gasteiger partial charge in [0.15, 0.2) is 5.75 Å². The van der Waals surface area contributed by atoms with Crippen LogP contribution < -0.4 is 8.92 Å². The maximum absolute atomic E-state index is 12.8. The van der Waals surface area contributed by atoms with Gasteiger partial charge in [0, 0.05) is 6.07 Å². The Morgan fingerprint density at radius 1 is 1.16 bits per heavy atom. The van der Waals surface area contributed by atoms with Crippen molar-refractivity contribution in [1.29, 1.82) is 0 Å². The van der Waals surface area contributed by atoms with Crippen molar-refractivity contribution in [3.8, 4) is 11.5 Å². The first-order chi connectivity index (χ1) is 8.60. The fourth-order valence-corrected chi connectivity index (χ4v) is 2.04. The zero-order valence-electron chi connectivity index (χ0n) is 9.62. The van der Waals surface area contributed by atoms with E-state index < -0.39 is 27.9 Å². The molecule has 0 fully saturated rings. The van der Waals surface area contributed by atoms with Crippen LogP contribution in [0.4, 0.5) is 13.2 Å². The molecule has 0 spiro atoms. The van der Waals surface area contributed by atoms with Gasteiger partial charge in [-0.2, -0.15) is 21.6 Å². The maximum Gasteiger partial charge on any atom is 0.448 e. The highest BCUT2D eigenvalue weighted by Crippen LogP contribution is 2.42. The van der Waals surface area contributed by atoms with Gasteiger partial charge in [0.25, 0.3) is 0 Å². The molecule has 108 valence electrons. The monoisotopic (exact) mass is 364 g/mol. The van der Waals surface area contributed by atoms with Gasteiger partial charge in [0.1, 0.15) is 11.3 Å². The Hall–Kier alpha value is -1.00. The van der Waals surface area contributed by atoms with E-state index in [1.54, 1.807) is 0 Å². The van der Waals surface area contributed by atoms with E-state index in [4.69, 9.17) is 4.74 Å². The predicted octanol–water partition coefficient (Wildman–Crippen LogP) is 2.75. The Morgan fingerprint density at radius 2 is 1.74 bits per heavy atom. The molecule has 0 aliphatic heterocycles. The van der Waals surface area contributed by atoms with Crippen LogP contribution in [0.5, 0.6) is 11.5 Å². The summed E-state index contributed by atoms with van der Waals surface area (Å²) in [6, 6.07) is 1.45. The van der Waals surface area contributed by atoms with E-state index in [-0.39, 0.29) is 10.2 Å². The van der Waals surface area contributed by atoms with Crippen LogP contribution in [-0.2, 0) is 20.8 Å². The number of ether oxygens (including phenoxy) is 1. The molecule has 5 nitrogen and oxygen atoms in total. The van der Waals surface area contributed by atoms with Gasteiger partial charge in [-0.05, 0) is 22.0 Å². The molecule has 0 heterocycles. The molecule has 10 heteroatoms. The minimum atomic E-state index is -4.81. The van der Waals surface area contributed by atoms with E-state index >= 15 is 0 Å². The lowest BCUT2D eigenvalue weighted by Gasteiger charge is -2.15. The Kier molecular flexibility index (Phi) is 4.69. The summed E-state index contributed by atoms with van der Waals surface area (Å²) < 4.78 is 73.5. The van der Waals surface area contributed by atoms with Crippen molar-refractivity contribution >= 4 is 26.3 Å². The lowest BCUT2D eigenvalue weighted by Crippen LogP contribution is -2.15. The van der Waals surface area contributed by atoms with E-state index in [1.807, 2.05) is 0 Å². The number of rotatable bonds is 4. The average Bonchev–Trinajstić information content (AvgIpc) is 2.27. The topological polar surface area (TPSA) is 61.8 Å². The molecule has 0 saturated heterocycles. The molecule has 0 aliphatic rings. The summed E-state index contributed by atoms with van der Waals surface area (Å²) in [5.41, 5.74) is -1.30. The first-order valence-corrected chi connectivity index (χ1v) is 6.68. The number of hydrogen-bond donors (Lipinski definition) is 0. The second-order valence-electron chi connectivity index (χ2n) is 3.14. The van der Waals surface area contributed by atoms with Gasteiger partial charge in [-0.3, -0.25) is 0 Å². The average molecular weight is 365 g/mol. The molecule has 0 atom stereocenters. The van der Waals surface area contributed by atoms with E-state index in [1.165, 1.54) is 7.11 Å². The molecule has 0 bridgehead atoms. The highest BCUT2D eigenvalue weighted by Gasteiger charge is 2.37. The second kappa shape index (κ2) is 5.55. The Morgan fingerprint density at radius 3 is 2.16 bits per heavy atom. The molecule has 0 radical (unpaired) electrons. The summed E-state index contributed by atoms with van der Waals surface area (Å²) in [7, 11) is -2.61. The van der Waals surface area contributed by atoms with Crippen molar-refractivity contribution in [3.63, 3.8) is 0 Å². The molecule has 1 aromatic rings. The Bertz CT molecular complexity index is 570. The highest BCUT2D eigenvalue weighted by atomic mass is 79.9. The fourth-order valence-electron chi connectivity index (χ4n) is 1.13. The molecule has 0 amide bonds. The SMILES string of the molecule is COc1cc(C(F)(F)F)c(OS(=O)(=O)OC)cc1Br. The van der Waals surface area contributed by atoms with Crippen LogP contribution in [0.25, 0.3) is 0 Å². The first kappa shape index (κ1) is 16.1. The lowest BCUT2D eigenvalue weighted by atomic mass is 10.2. The molecule has 0 saturated carbocycles. The minimum absolute atomic E-state index is 0.101. The van der Waals surface area contributed by atoms with E-state index in [0.29, 0.717) is 6.07 Å². The van der Waals surface area contributed by atoms with Gasteiger partial charge in [0.2, 0.25) is 0 Å². The van der Waals surface area contributed by atoms with Crippen LogP contribution in [0.1, 0.15) is 5.56 Å². The lowest BCUT2D eigenvalue weighted by molar-refractivity contribution is -0.138. The van der Waals surface area contributed by atoms with Crippen molar-refractivity contribution in [2.45, 2.75) is 6.18 Å². The van der Waals surface area contributed by atoms with Crippen LogP contribution >= 0.6 is 15.9 Å². The number of alkyl halides is 3. The molecule has 0 N–H and O–H groups in total. The minimum Gasteiger partial charge on any atom is -0.496 e. The van der Waals surface area contributed by atoms with Crippen LogP contribution in [0.15, 0.2) is 16.6 Å². The van der Waals surface area contributed by atoms with Crippen LogP contribution in [0, 0.1) is 0 Å². The molecule has 1 rings (SSSR count). The van der Waals surface area contributed by atoms with Crippen molar-refractivity contribution in [2.75, 3.05) is 14.2 Å². The van der Waals surface area contributed by atoms with Crippen LogP contribution in [0.2, 0.25) is 0 Å². The number of methoxy groups -OCH3 is 1. The predicted molar refractivity (Wildman–Crippen MR) is 62.3 cm³/mol. The quantitative estimate of drug-likeness (QED) is 0.821. The number of hydrogen-bond acceptors (Lipinski definition) is 5. The molecular weight excluding hydrogens is 357 g/mol. The van der Waals surface area contributed by atoms with E-state index in [0.717, 1.165) is 13.2 Å². The third-order valence-corrected chi connectivity index (χ3v) is 3.37. The van der Waals surface area contributed by atoms with Gasteiger partial charge in [-0.1, -0.05) is 0 Å². The summed E-state index contributed by atoms with van der Waals surface area (Å²) >= 11 is 2.93. The molecule has 19 heavy (non-hydrogen) atoms. The van der Waals surface area contributed by atoms with Crippen molar-refractivity contribution in [1.82, 2.24) is 0 Å². The molecule has 0 unspecified atom stereocenters. The van der Waals surface area contributed by atoms with Gasteiger partial charge < -0.3 is 8.92 Å². The molecular formula is C9H8BrF3O5S. The fraction of sp³-hybridized carbons (Fsp3) is 0.333. The zero-order chi connectivity index (χ0) is 14.8. The summed E-state index contributed by atoms with van der Waals surface area (Å²) in [5, 5.41) is 0. The summed E-state index contributed by atoms with van der Waals surface area (Å²) in [5.74, 6) is -1.03. The summed E-state index contributed by atoms with van der Waals surface area (Å²) in [6.07, 6.45) is -4.81. The smallest absolute Gasteiger partial charge is 0.448 e. The van der Waals surface area contributed by atoms with Crippen LogP contribution in [0.3, 0.4) is 0 Å². The van der Waals surface area contributed by atoms with Crippen molar-refractivity contribution in [3.05, 3.63) is 22.2 Å².